The molecule has 2 heterocycles. The topological polar surface area (TPSA) is 100.0 Å². The maximum atomic E-state index is 12.4. The predicted molar refractivity (Wildman–Crippen MR) is 104 cm³/mol. The summed E-state index contributed by atoms with van der Waals surface area (Å²) in [5.74, 6) is 0.598. The van der Waals surface area contributed by atoms with E-state index in [4.69, 9.17) is 4.42 Å². The molecule has 2 aromatic heterocycles. The lowest BCUT2D eigenvalue weighted by Crippen LogP contribution is -2.32. The Hall–Kier alpha value is -3.44. The van der Waals surface area contributed by atoms with E-state index in [1.54, 1.807) is 24.9 Å². The third-order valence-corrected chi connectivity index (χ3v) is 4.86. The van der Waals surface area contributed by atoms with E-state index in [9.17, 15) is 10.1 Å². The molecule has 0 bridgehead atoms. The Morgan fingerprint density at radius 2 is 2.07 bits per heavy atom. The molecule has 144 valence electrons. The Morgan fingerprint density at radius 1 is 1.36 bits per heavy atom. The molecule has 0 fully saturated rings. The number of likely N-dealkylation sites (N-methyl/N-ethyl adjacent to an activating group) is 1. The molecule has 0 spiro atoms. The Labute approximate surface area is 163 Å². The van der Waals surface area contributed by atoms with E-state index in [1.807, 2.05) is 43.1 Å². The summed E-state index contributed by atoms with van der Waals surface area (Å²) in [6.45, 7) is 5.75. The summed E-state index contributed by atoms with van der Waals surface area (Å²) in [5, 5.41) is 16.1. The number of furan rings is 1. The van der Waals surface area contributed by atoms with Gasteiger partial charge in [0.05, 0.1) is 12.2 Å². The second kappa shape index (κ2) is 8.06. The van der Waals surface area contributed by atoms with Gasteiger partial charge in [-0.3, -0.25) is 15.0 Å². The normalized spacial score (nSPS) is 12.0. The van der Waals surface area contributed by atoms with Crippen LogP contribution in [0.4, 0.5) is 5.88 Å². The molecule has 1 unspecified atom stereocenters. The van der Waals surface area contributed by atoms with Gasteiger partial charge in [-0.1, -0.05) is 12.1 Å². The van der Waals surface area contributed by atoms with Crippen LogP contribution in [0.5, 0.6) is 0 Å². The van der Waals surface area contributed by atoms with Crippen molar-refractivity contribution in [3.8, 4) is 11.8 Å². The van der Waals surface area contributed by atoms with E-state index in [2.05, 4.69) is 21.5 Å². The Balaban J connectivity index is 1.64. The first kappa shape index (κ1) is 19.3. The van der Waals surface area contributed by atoms with E-state index in [1.165, 1.54) is 6.33 Å². The highest BCUT2D eigenvalue weighted by Gasteiger charge is 2.19. The number of anilines is 1. The van der Waals surface area contributed by atoms with Crippen molar-refractivity contribution in [1.29, 1.82) is 5.26 Å². The molecule has 1 amide bonds. The SMILES string of the molecule is Cc1oc(NC(=O)CN(C)C(C)c2ccc(-n3cncn3)cc2)c(C#N)c1C. The summed E-state index contributed by atoms with van der Waals surface area (Å²) in [4.78, 5) is 18.3. The average molecular weight is 378 g/mol. The summed E-state index contributed by atoms with van der Waals surface area (Å²) in [6.07, 6.45) is 3.13. The molecular weight excluding hydrogens is 356 g/mol. The molecule has 3 rings (SSSR count). The smallest absolute Gasteiger partial charge is 0.240 e. The Bertz CT molecular complexity index is 999. The highest BCUT2D eigenvalue weighted by Crippen LogP contribution is 2.25. The highest BCUT2D eigenvalue weighted by molar-refractivity contribution is 5.92. The zero-order chi connectivity index (χ0) is 20.3. The number of aryl methyl sites for hydroxylation is 1. The van der Waals surface area contributed by atoms with Crippen LogP contribution in [0.2, 0.25) is 0 Å². The number of nitrogens with zero attached hydrogens (tertiary/aromatic N) is 5. The number of hydrogen-bond acceptors (Lipinski definition) is 6. The first-order valence-corrected chi connectivity index (χ1v) is 8.85. The molecule has 0 aliphatic rings. The van der Waals surface area contributed by atoms with Gasteiger partial charge in [0.2, 0.25) is 11.8 Å². The number of rotatable bonds is 6. The lowest BCUT2D eigenvalue weighted by molar-refractivity contribution is -0.117. The number of benzene rings is 1. The van der Waals surface area contributed by atoms with Crippen LogP contribution in [-0.4, -0.2) is 39.2 Å². The van der Waals surface area contributed by atoms with Gasteiger partial charge in [-0.15, -0.1) is 0 Å². The Kier molecular flexibility index (Phi) is 5.57. The van der Waals surface area contributed by atoms with Crippen LogP contribution in [0.3, 0.4) is 0 Å². The fraction of sp³-hybridized carbons (Fsp3) is 0.300. The maximum Gasteiger partial charge on any atom is 0.240 e. The number of aromatic nitrogens is 3. The van der Waals surface area contributed by atoms with Crippen LogP contribution >= 0.6 is 0 Å². The molecule has 8 heteroatoms. The van der Waals surface area contributed by atoms with Crippen molar-refractivity contribution in [1.82, 2.24) is 19.7 Å². The average Bonchev–Trinajstić information content (AvgIpc) is 3.30. The largest absolute Gasteiger partial charge is 0.444 e. The molecule has 0 saturated carbocycles. The molecule has 8 nitrogen and oxygen atoms in total. The highest BCUT2D eigenvalue weighted by atomic mass is 16.4. The molecular formula is C20H22N6O2. The second-order valence-electron chi connectivity index (χ2n) is 6.67. The minimum Gasteiger partial charge on any atom is -0.444 e. The molecule has 28 heavy (non-hydrogen) atoms. The zero-order valence-electron chi connectivity index (χ0n) is 16.3. The van der Waals surface area contributed by atoms with Gasteiger partial charge in [0.15, 0.2) is 0 Å². The number of hydrogen-bond donors (Lipinski definition) is 1. The van der Waals surface area contributed by atoms with Crippen LogP contribution < -0.4 is 5.32 Å². The van der Waals surface area contributed by atoms with Crippen molar-refractivity contribution in [2.45, 2.75) is 26.8 Å². The summed E-state index contributed by atoms with van der Waals surface area (Å²) >= 11 is 0. The quantitative estimate of drug-likeness (QED) is 0.708. The molecule has 1 aromatic carbocycles. The van der Waals surface area contributed by atoms with E-state index < -0.39 is 0 Å². The fourth-order valence-electron chi connectivity index (χ4n) is 2.88. The fourth-order valence-corrected chi connectivity index (χ4v) is 2.88. The third kappa shape index (κ3) is 3.94. The van der Waals surface area contributed by atoms with Crippen LogP contribution in [0.25, 0.3) is 5.69 Å². The summed E-state index contributed by atoms with van der Waals surface area (Å²) in [6, 6.07) is 10.0. The van der Waals surface area contributed by atoms with E-state index >= 15 is 0 Å². The molecule has 3 aromatic rings. The van der Waals surface area contributed by atoms with E-state index in [0.29, 0.717) is 11.3 Å². The second-order valence-corrected chi connectivity index (χ2v) is 6.67. The molecule has 0 aliphatic heterocycles. The van der Waals surface area contributed by atoms with Gasteiger partial charge in [-0.05, 0) is 45.5 Å². The summed E-state index contributed by atoms with van der Waals surface area (Å²) in [7, 11) is 1.87. The van der Waals surface area contributed by atoms with Crippen molar-refractivity contribution < 1.29 is 9.21 Å². The van der Waals surface area contributed by atoms with Crippen molar-refractivity contribution in [2.75, 3.05) is 18.9 Å². The number of nitriles is 1. The van der Waals surface area contributed by atoms with Gasteiger partial charge < -0.3 is 4.42 Å². The van der Waals surface area contributed by atoms with Gasteiger partial charge >= 0.3 is 0 Å². The van der Waals surface area contributed by atoms with E-state index in [-0.39, 0.29) is 24.4 Å². The number of amides is 1. The minimum absolute atomic E-state index is 0.0195. The first-order valence-electron chi connectivity index (χ1n) is 8.85. The molecule has 0 aliphatic carbocycles. The lowest BCUT2D eigenvalue weighted by atomic mass is 10.1. The third-order valence-electron chi connectivity index (χ3n) is 4.86. The van der Waals surface area contributed by atoms with Crippen molar-refractivity contribution in [3.63, 3.8) is 0 Å². The Morgan fingerprint density at radius 3 is 2.68 bits per heavy atom. The molecule has 0 saturated heterocycles. The molecule has 1 N–H and O–H groups in total. The van der Waals surface area contributed by atoms with Crippen molar-refractivity contribution in [3.05, 3.63) is 59.4 Å². The summed E-state index contributed by atoms with van der Waals surface area (Å²) in [5.41, 5.74) is 3.10. The summed E-state index contributed by atoms with van der Waals surface area (Å²) < 4.78 is 7.18. The van der Waals surface area contributed by atoms with Crippen LogP contribution in [0.1, 0.15) is 35.4 Å². The zero-order valence-corrected chi connectivity index (χ0v) is 16.3. The minimum atomic E-state index is -0.237. The number of carbonyl (C=O) groups is 1. The van der Waals surface area contributed by atoms with Gasteiger partial charge in [-0.25, -0.2) is 9.67 Å². The van der Waals surface area contributed by atoms with Gasteiger partial charge in [0, 0.05) is 11.6 Å². The predicted octanol–water partition coefficient (Wildman–Crippen LogP) is 2.98. The van der Waals surface area contributed by atoms with Gasteiger partial charge in [-0.2, -0.15) is 10.4 Å². The lowest BCUT2D eigenvalue weighted by Gasteiger charge is -2.24. The van der Waals surface area contributed by atoms with Crippen LogP contribution in [0, 0.1) is 25.2 Å². The van der Waals surface area contributed by atoms with Crippen molar-refractivity contribution >= 4 is 11.8 Å². The maximum absolute atomic E-state index is 12.4. The van der Waals surface area contributed by atoms with Crippen LogP contribution in [0.15, 0.2) is 41.3 Å². The molecule has 1 atom stereocenters. The number of nitrogens with one attached hydrogen (secondary N) is 1. The first-order chi connectivity index (χ1) is 13.4. The van der Waals surface area contributed by atoms with Crippen LogP contribution in [-0.2, 0) is 4.79 Å². The van der Waals surface area contributed by atoms with Crippen molar-refractivity contribution in [2.24, 2.45) is 0 Å². The van der Waals surface area contributed by atoms with Gasteiger partial charge in [0.1, 0.15) is 30.0 Å². The van der Waals surface area contributed by atoms with Gasteiger partial charge in [0.25, 0.3) is 0 Å². The standard InChI is InChI=1S/C20H22N6O2/c1-13-15(3)28-20(18(13)9-21)24-19(27)10-25(4)14(2)16-5-7-17(8-6-16)26-12-22-11-23-26/h5-8,11-12,14H,10H2,1-4H3,(H,24,27). The molecule has 0 radical (unpaired) electrons. The monoisotopic (exact) mass is 378 g/mol. The van der Waals surface area contributed by atoms with E-state index in [0.717, 1.165) is 16.8 Å². The number of carbonyl (C=O) groups excluding carboxylic acids is 1.